The van der Waals surface area contributed by atoms with Gasteiger partial charge < -0.3 is 0 Å². The smallest absolute Gasteiger partial charge is 0.0311 e. The molecule has 0 atom stereocenters. The van der Waals surface area contributed by atoms with Crippen LogP contribution >= 0.6 is 27.7 Å². The van der Waals surface area contributed by atoms with E-state index in [-0.39, 0.29) is 0 Å². The van der Waals surface area contributed by atoms with E-state index in [1.54, 1.807) is 11.8 Å². The van der Waals surface area contributed by atoms with Gasteiger partial charge in [0.25, 0.3) is 0 Å². The van der Waals surface area contributed by atoms with Crippen LogP contribution in [0, 0.1) is 0 Å². The maximum Gasteiger partial charge on any atom is 0.0311 e. The lowest BCUT2D eigenvalue weighted by Crippen LogP contribution is -1.68. The molecule has 0 spiro atoms. The lowest BCUT2D eigenvalue weighted by molar-refractivity contribution is 1.41. The number of benzene rings is 1. The van der Waals surface area contributed by atoms with E-state index < -0.39 is 0 Å². The van der Waals surface area contributed by atoms with E-state index in [1.165, 1.54) is 9.37 Å². The molecule has 11 heavy (non-hydrogen) atoms. The van der Waals surface area contributed by atoms with E-state index in [2.05, 4.69) is 28.3 Å². The van der Waals surface area contributed by atoms with Gasteiger partial charge >= 0.3 is 0 Å². The summed E-state index contributed by atoms with van der Waals surface area (Å²) in [6.45, 7) is 4.00. The van der Waals surface area contributed by atoms with E-state index in [4.69, 9.17) is 0 Å². The van der Waals surface area contributed by atoms with Crippen molar-refractivity contribution in [1.82, 2.24) is 0 Å². The number of thioether (sulfide) groups is 1. The van der Waals surface area contributed by atoms with Crippen LogP contribution in [0.2, 0.25) is 0 Å². The molecule has 0 saturated heterocycles. The van der Waals surface area contributed by atoms with Crippen molar-refractivity contribution in [3.05, 3.63) is 28.7 Å². The highest BCUT2D eigenvalue weighted by Gasteiger charge is 1.92. The van der Waals surface area contributed by atoms with Gasteiger partial charge in [-0.3, -0.25) is 0 Å². The molecule has 2 heteroatoms. The molecule has 0 aliphatic carbocycles. The van der Waals surface area contributed by atoms with Gasteiger partial charge in [-0.15, -0.1) is 11.8 Å². The van der Waals surface area contributed by atoms with Gasteiger partial charge in [0.05, 0.1) is 0 Å². The summed E-state index contributed by atoms with van der Waals surface area (Å²) in [6, 6.07) is 8.20. The minimum absolute atomic E-state index is 1.18. The Hall–Kier alpha value is 0.0500. The molecule has 0 amide bonds. The van der Waals surface area contributed by atoms with Gasteiger partial charge in [0, 0.05) is 9.37 Å². The van der Waals surface area contributed by atoms with Crippen molar-refractivity contribution in [1.29, 1.82) is 0 Å². The minimum Gasteiger partial charge on any atom is -0.128 e. The lowest BCUT2D eigenvalue weighted by Gasteiger charge is -1.96. The van der Waals surface area contributed by atoms with Crippen LogP contribution in [-0.2, 0) is 0 Å². The molecule has 0 heterocycles. The van der Waals surface area contributed by atoms with Crippen LogP contribution in [0.3, 0.4) is 0 Å². The molecular weight excluding hydrogens is 220 g/mol. The Morgan fingerprint density at radius 2 is 1.73 bits per heavy atom. The van der Waals surface area contributed by atoms with Gasteiger partial charge in [0.1, 0.15) is 0 Å². The molecule has 0 unspecified atom stereocenters. The average molecular weight is 233 g/mol. The first-order valence-corrected chi connectivity index (χ1v) is 5.65. The van der Waals surface area contributed by atoms with E-state index in [9.17, 15) is 0 Å². The molecule has 0 N–H and O–H groups in total. The van der Waals surface area contributed by atoms with Crippen LogP contribution in [0.15, 0.2) is 33.6 Å². The SMILES string of the molecule is CC.CSc1ccccc1Br. The first kappa shape index (κ1) is 11.1. The highest BCUT2D eigenvalue weighted by atomic mass is 79.9. The number of halogens is 1. The first-order valence-electron chi connectivity index (χ1n) is 3.63. The molecule has 0 fully saturated rings. The molecule has 0 aliphatic heterocycles. The summed E-state index contributed by atoms with van der Waals surface area (Å²) in [4.78, 5) is 1.29. The van der Waals surface area contributed by atoms with Gasteiger partial charge in [-0.05, 0) is 34.3 Å². The third-order valence-electron chi connectivity index (χ3n) is 1.06. The fourth-order valence-electron chi connectivity index (χ4n) is 0.610. The normalized spacial score (nSPS) is 8.36. The Bertz CT molecular complexity index is 199. The van der Waals surface area contributed by atoms with Crippen molar-refractivity contribution in [2.75, 3.05) is 6.26 Å². The van der Waals surface area contributed by atoms with Crippen molar-refractivity contribution in [2.24, 2.45) is 0 Å². The molecule has 0 aromatic heterocycles. The molecule has 0 aliphatic rings. The predicted octanol–water partition coefficient (Wildman–Crippen LogP) is 4.20. The number of hydrogen-bond acceptors (Lipinski definition) is 1. The van der Waals surface area contributed by atoms with Crippen molar-refractivity contribution in [2.45, 2.75) is 18.7 Å². The summed E-state index contributed by atoms with van der Waals surface area (Å²) in [5.41, 5.74) is 0. The third-order valence-corrected chi connectivity index (χ3v) is 2.81. The van der Waals surface area contributed by atoms with Gasteiger partial charge in [-0.2, -0.15) is 0 Å². The van der Waals surface area contributed by atoms with Crippen LogP contribution in [0.25, 0.3) is 0 Å². The molecule has 0 radical (unpaired) electrons. The summed E-state index contributed by atoms with van der Waals surface area (Å²) < 4.78 is 1.18. The summed E-state index contributed by atoms with van der Waals surface area (Å²) in [5.74, 6) is 0. The fraction of sp³-hybridized carbons (Fsp3) is 0.333. The topological polar surface area (TPSA) is 0 Å². The van der Waals surface area contributed by atoms with Crippen molar-refractivity contribution in [3.63, 3.8) is 0 Å². The average Bonchev–Trinajstić information content (AvgIpc) is 2.09. The van der Waals surface area contributed by atoms with Crippen LogP contribution in [-0.4, -0.2) is 6.26 Å². The van der Waals surface area contributed by atoms with E-state index in [0.717, 1.165) is 0 Å². The van der Waals surface area contributed by atoms with Crippen molar-refractivity contribution < 1.29 is 0 Å². The Kier molecular flexibility index (Phi) is 6.77. The first-order chi connectivity index (χ1) is 5.34. The van der Waals surface area contributed by atoms with Gasteiger partial charge in [-0.25, -0.2) is 0 Å². The Morgan fingerprint density at radius 1 is 1.18 bits per heavy atom. The largest absolute Gasteiger partial charge is 0.128 e. The summed E-state index contributed by atoms with van der Waals surface area (Å²) in [5, 5.41) is 0. The highest BCUT2D eigenvalue weighted by Crippen LogP contribution is 2.24. The second kappa shape index (κ2) is 6.74. The molecule has 0 nitrogen and oxygen atoms in total. The Balaban J connectivity index is 0.000000461. The molecular formula is C9H13BrS. The standard InChI is InChI=1S/C7H7BrS.C2H6/c1-9-7-5-3-2-4-6(7)8;1-2/h2-5H,1H3;1-2H3. The predicted molar refractivity (Wildman–Crippen MR) is 57.3 cm³/mol. The van der Waals surface area contributed by atoms with E-state index >= 15 is 0 Å². The van der Waals surface area contributed by atoms with Crippen LogP contribution < -0.4 is 0 Å². The quantitative estimate of drug-likeness (QED) is 0.655. The highest BCUT2D eigenvalue weighted by molar-refractivity contribution is 9.10. The van der Waals surface area contributed by atoms with Gasteiger partial charge in [-0.1, -0.05) is 26.0 Å². The van der Waals surface area contributed by atoms with Gasteiger partial charge in [0.2, 0.25) is 0 Å². The van der Waals surface area contributed by atoms with Crippen molar-refractivity contribution in [3.8, 4) is 0 Å². The second-order valence-corrected chi connectivity index (χ2v) is 3.34. The maximum absolute atomic E-state index is 3.44. The molecule has 1 rings (SSSR count). The Morgan fingerprint density at radius 3 is 2.09 bits per heavy atom. The lowest BCUT2D eigenvalue weighted by atomic mass is 10.4. The van der Waals surface area contributed by atoms with Crippen LogP contribution in [0.5, 0.6) is 0 Å². The maximum atomic E-state index is 3.44. The van der Waals surface area contributed by atoms with Crippen LogP contribution in [0.1, 0.15) is 13.8 Å². The Labute approximate surface area is 81.5 Å². The zero-order valence-electron chi connectivity index (χ0n) is 7.10. The summed E-state index contributed by atoms with van der Waals surface area (Å²) in [6.07, 6.45) is 2.07. The molecule has 0 saturated carbocycles. The molecule has 0 bridgehead atoms. The fourth-order valence-corrected chi connectivity index (χ4v) is 1.86. The monoisotopic (exact) mass is 232 g/mol. The molecule has 62 valence electrons. The van der Waals surface area contributed by atoms with Gasteiger partial charge in [0.15, 0.2) is 0 Å². The summed E-state index contributed by atoms with van der Waals surface area (Å²) >= 11 is 5.18. The summed E-state index contributed by atoms with van der Waals surface area (Å²) in [7, 11) is 0. The minimum atomic E-state index is 1.18. The zero-order valence-corrected chi connectivity index (χ0v) is 9.50. The van der Waals surface area contributed by atoms with E-state index in [0.29, 0.717) is 0 Å². The molecule has 1 aromatic rings. The number of hydrogen-bond donors (Lipinski definition) is 0. The van der Waals surface area contributed by atoms with Crippen LogP contribution in [0.4, 0.5) is 0 Å². The van der Waals surface area contributed by atoms with Crippen molar-refractivity contribution >= 4 is 27.7 Å². The molecule has 1 aromatic carbocycles. The third kappa shape index (κ3) is 3.82. The second-order valence-electron chi connectivity index (χ2n) is 1.63. The zero-order chi connectivity index (χ0) is 8.69. The van der Waals surface area contributed by atoms with E-state index in [1.807, 2.05) is 32.0 Å². The number of rotatable bonds is 1.